The van der Waals surface area contributed by atoms with Crippen LogP contribution in [0.5, 0.6) is 5.75 Å². The van der Waals surface area contributed by atoms with Crippen LogP contribution in [0.25, 0.3) is 22.5 Å². The zero-order chi connectivity index (χ0) is 28.6. The summed E-state index contributed by atoms with van der Waals surface area (Å²) in [4.78, 5) is 16.8. The summed E-state index contributed by atoms with van der Waals surface area (Å²) in [6.07, 6.45) is 4.07. The number of nitrogens with two attached hydrogens (primary N) is 1. The van der Waals surface area contributed by atoms with Gasteiger partial charge in [-0.15, -0.1) is 0 Å². The van der Waals surface area contributed by atoms with Crippen LogP contribution in [-0.4, -0.2) is 43.3 Å². The summed E-state index contributed by atoms with van der Waals surface area (Å²) in [5.41, 5.74) is 11.2. The summed E-state index contributed by atoms with van der Waals surface area (Å²) in [5, 5.41) is 12.6. The normalized spacial score (nSPS) is 13.3. The van der Waals surface area contributed by atoms with Crippen LogP contribution in [-0.2, 0) is 36.2 Å². The first-order valence-corrected chi connectivity index (χ1v) is 13.4. The van der Waals surface area contributed by atoms with Crippen molar-refractivity contribution in [3.05, 3.63) is 64.3 Å². The van der Waals surface area contributed by atoms with Gasteiger partial charge < -0.3 is 20.5 Å². The van der Waals surface area contributed by atoms with Gasteiger partial charge in [0, 0.05) is 60.2 Å². The Hall–Kier alpha value is -3.96. The van der Waals surface area contributed by atoms with Crippen molar-refractivity contribution in [2.45, 2.75) is 46.4 Å². The molecule has 0 fully saturated rings. The van der Waals surface area contributed by atoms with Crippen LogP contribution in [0.4, 0.5) is 10.2 Å². The lowest BCUT2D eigenvalue weighted by atomic mass is 9.97. The molecule has 4 heterocycles. The number of nitrogens with zero attached hydrogens (tertiary/aromatic N) is 5. The molecule has 40 heavy (non-hydrogen) atoms. The first kappa shape index (κ1) is 27.6. The number of nitrogens with one attached hydrogen (secondary N) is 1. The molecule has 1 aromatic carbocycles. The Labute approximate surface area is 236 Å². The number of rotatable bonds is 6. The molecule has 12 heteroatoms. The second-order valence-corrected chi connectivity index (χ2v) is 10.4. The van der Waals surface area contributed by atoms with Gasteiger partial charge in [0.2, 0.25) is 0 Å². The van der Waals surface area contributed by atoms with Crippen LogP contribution < -0.4 is 15.8 Å². The quantitative estimate of drug-likeness (QED) is 0.257. The van der Waals surface area contributed by atoms with E-state index in [4.69, 9.17) is 31.9 Å². The fourth-order valence-electron chi connectivity index (χ4n) is 4.69. The summed E-state index contributed by atoms with van der Waals surface area (Å²) in [6, 6.07) is 5.63. The minimum absolute atomic E-state index is 0.0432. The van der Waals surface area contributed by atoms with Gasteiger partial charge in [-0.1, -0.05) is 25.4 Å². The Morgan fingerprint density at radius 3 is 2.83 bits per heavy atom. The van der Waals surface area contributed by atoms with Crippen LogP contribution in [0, 0.1) is 11.7 Å². The summed E-state index contributed by atoms with van der Waals surface area (Å²) < 4.78 is 29.5. The van der Waals surface area contributed by atoms with Crippen molar-refractivity contribution in [3.8, 4) is 28.3 Å². The fourth-order valence-corrected chi connectivity index (χ4v) is 4.94. The third kappa shape index (κ3) is 5.39. The van der Waals surface area contributed by atoms with E-state index in [0.29, 0.717) is 40.9 Å². The molecule has 1 aliphatic heterocycles. The average molecular weight is 568 g/mol. The zero-order valence-electron chi connectivity index (χ0n) is 22.7. The lowest BCUT2D eigenvalue weighted by Crippen LogP contribution is -2.37. The summed E-state index contributed by atoms with van der Waals surface area (Å²) in [7, 11) is 1.84. The highest BCUT2D eigenvalue weighted by Crippen LogP contribution is 2.38. The smallest absolute Gasteiger partial charge is 0.324 e. The van der Waals surface area contributed by atoms with Gasteiger partial charge in [-0.3, -0.25) is 14.2 Å². The molecule has 0 radical (unpaired) electrons. The number of anilines is 1. The number of aromatic nitrogens is 5. The molecule has 1 aliphatic rings. The Kier molecular flexibility index (Phi) is 7.77. The third-order valence-corrected chi connectivity index (χ3v) is 7.15. The van der Waals surface area contributed by atoms with Gasteiger partial charge in [-0.2, -0.15) is 10.2 Å². The lowest BCUT2D eigenvalue weighted by Gasteiger charge is -2.18. The average Bonchev–Trinajstić information content (AvgIpc) is 3.45. The molecule has 1 unspecified atom stereocenters. The molecule has 0 spiro atoms. The van der Waals surface area contributed by atoms with Crippen molar-refractivity contribution in [1.82, 2.24) is 24.5 Å². The third-order valence-electron chi connectivity index (χ3n) is 6.85. The van der Waals surface area contributed by atoms with Gasteiger partial charge in [0.1, 0.15) is 18.5 Å². The topological polar surface area (TPSA) is 122 Å². The van der Waals surface area contributed by atoms with Crippen LogP contribution in [0.3, 0.4) is 0 Å². The van der Waals surface area contributed by atoms with Crippen molar-refractivity contribution in [3.63, 3.8) is 0 Å². The first-order chi connectivity index (χ1) is 19.2. The van der Waals surface area contributed by atoms with E-state index >= 15 is 0 Å². The second-order valence-electron chi connectivity index (χ2n) is 10.0. The van der Waals surface area contributed by atoms with E-state index in [1.807, 2.05) is 44.8 Å². The van der Waals surface area contributed by atoms with Crippen LogP contribution >= 0.6 is 11.6 Å². The number of carbonyl (C=O) groups excluding carboxylic acids is 1. The molecule has 0 saturated carbocycles. The number of esters is 1. The monoisotopic (exact) mass is 567 g/mol. The molecular weight excluding hydrogens is 537 g/mol. The Morgan fingerprint density at radius 1 is 1.27 bits per heavy atom. The Bertz CT molecular complexity index is 1570. The van der Waals surface area contributed by atoms with Crippen LogP contribution in [0.2, 0.25) is 5.15 Å². The molecule has 3 aromatic heterocycles. The minimum atomic E-state index is -0.737. The maximum atomic E-state index is 14.4. The largest absolute Gasteiger partial charge is 0.485 e. The number of pyridine rings is 1. The molecule has 0 amide bonds. The fraction of sp³-hybridized carbons (Fsp3) is 0.357. The van der Waals surface area contributed by atoms with E-state index in [1.165, 1.54) is 12.1 Å². The number of aryl methyl sites for hydroxylation is 2. The van der Waals surface area contributed by atoms with Crippen molar-refractivity contribution in [1.29, 1.82) is 0 Å². The number of hydrogen-bond donors (Lipinski definition) is 2. The maximum absolute atomic E-state index is 14.4. The lowest BCUT2D eigenvalue weighted by molar-refractivity contribution is -0.145. The highest BCUT2D eigenvalue weighted by molar-refractivity contribution is 6.30. The predicted octanol–water partition coefficient (Wildman–Crippen LogP) is 4.54. The van der Waals surface area contributed by atoms with Gasteiger partial charge in [0.25, 0.3) is 0 Å². The van der Waals surface area contributed by atoms with Gasteiger partial charge >= 0.3 is 5.97 Å². The minimum Gasteiger partial charge on any atom is -0.485 e. The molecule has 3 N–H and O–H groups in total. The Morgan fingerprint density at radius 2 is 2.08 bits per heavy atom. The number of hydrogen-bond acceptors (Lipinski definition) is 8. The number of benzene rings is 1. The predicted molar refractivity (Wildman–Crippen MR) is 149 cm³/mol. The highest BCUT2D eigenvalue weighted by Gasteiger charge is 2.25. The van der Waals surface area contributed by atoms with Gasteiger partial charge in [-0.05, 0) is 37.1 Å². The number of ether oxygens (including phenoxy) is 2. The van der Waals surface area contributed by atoms with E-state index < -0.39 is 12.0 Å². The van der Waals surface area contributed by atoms with Crippen molar-refractivity contribution < 1.29 is 18.7 Å². The molecule has 0 aliphatic carbocycles. The van der Waals surface area contributed by atoms with E-state index in [9.17, 15) is 9.18 Å². The molecule has 4 aromatic rings. The molecule has 1 atom stereocenters. The zero-order valence-corrected chi connectivity index (χ0v) is 23.5. The van der Waals surface area contributed by atoms with E-state index in [1.54, 1.807) is 16.9 Å². The van der Waals surface area contributed by atoms with E-state index in [2.05, 4.69) is 15.4 Å². The maximum Gasteiger partial charge on any atom is 0.324 e. The molecular formula is C28H31ClFN7O3. The number of carbonyl (C=O) groups is 1. The van der Waals surface area contributed by atoms with Crippen molar-refractivity contribution in [2.24, 2.45) is 18.7 Å². The van der Waals surface area contributed by atoms with Gasteiger partial charge in [0.15, 0.2) is 23.5 Å². The van der Waals surface area contributed by atoms with E-state index in [0.717, 1.165) is 27.9 Å². The second kappa shape index (κ2) is 11.3. The van der Waals surface area contributed by atoms with E-state index in [-0.39, 0.29) is 25.1 Å². The molecule has 5 rings (SSSR count). The summed E-state index contributed by atoms with van der Waals surface area (Å²) in [6.45, 7) is 6.14. The molecule has 2 bridgehead atoms. The highest BCUT2D eigenvalue weighted by atomic mass is 35.5. The van der Waals surface area contributed by atoms with Crippen LogP contribution in [0.15, 0.2) is 36.7 Å². The summed E-state index contributed by atoms with van der Waals surface area (Å²) in [5.74, 6) is -0.250. The van der Waals surface area contributed by atoms with Crippen LogP contribution in [0.1, 0.15) is 37.5 Å². The number of fused-ring (bicyclic) bond motifs is 7. The molecule has 210 valence electrons. The SMILES string of the molecule is CCn1nc(Cl)c2c1-c1cnc(NCOC(=O)C(N)C(C)C)c(c1)OCc1cc(F)ccc1-c1nn(C)cc1C2. The Balaban J connectivity index is 1.59. The standard InChI is InChI=1S/C28H31ClFN7O3/c1-5-37-25-16-10-22(27(32-11-16)33-14-40-28(38)23(31)15(2)3)39-13-18-8-19(30)6-7-20(18)24-17(12-36(4)34-24)9-21(25)26(29)35-37/h6-8,10-12,15,23H,5,9,13-14,31H2,1-4H3,(H,32,33). The molecule has 10 nitrogen and oxygen atoms in total. The van der Waals surface area contributed by atoms with Crippen molar-refractivity contribution >= 4 is 23.4 Å². The van der Waals surface area contributed by atoms with Gasteiger partial charge in [-0.25, -0.2) is 9.37 Å². The summed E-state index contributed by atoms with van der Waals surface area (Å²) >= 11 is 6.69. The van der Waals surface area contributed by atoms with Gasteiger partial charge in [0.05, 0.1) is 11.4 Å². The number of halogens is 2. The first-order valence-electron chi connectivity index (χ1n) is 13.0. The molecule has 0 saturated heterocycles. The van der Waals surface area contributed by atoms with Crippen molar-refractivity contribution in [2.75, 3.05) is 12.0 Å².